The predicted octanol–water partition coefficient (Wildman–Crippen LogP) is 1.42. The maximum atomic E-state index is 12.8. The maximum Gasteiger partial charge on any atom is 0.269 e. The van der Waals surface area contributed by atoms with Gasteiger partial charge in [0.2, 0.25) is 6.33 Å². The van der Waals surface area contributed by atoms with Crippen molar-refractivity contribution in [2.75, 3.05) is 0 Å². The van der Waals surface area contributed by atoms with Crippen LogP contribution in [0.25, 0.3) is 16.8 Å². The molecule has 0 aliphatic carbocycles. The van der Waals surface area contributed by atoms with Crippen molar-refractivity contribution in [3.05, 3.63) is 54.6 Å². The number of hydrogen-bond donors (Lipinski definition) is 0. The van der Waals surface area contributed by atoms with Gasteiger partial charge in [0, 0.05) is 6.20 Å². The average Bonchev–Trinajstić information content (AvgIpc) is 3.13. The van der Waals surface area contributed by atoms with E-state index >= 15 is 0 Å². The first-order valence-corrected chi connectivity index (χ1v) is 7.92. The van der Waals surface area contributed by atoms with E-state index in [1.54, 1.807) is 28.7 Å². The van der Waals surface area contributed by atoms with Gasteiger partial charge in [0.25, 0.3) is 10.0 Å². The van der Waals surface area contributed by atoms with Gasteiger partial charge in [0.1, 0.15) is 0 Å². The normalized spacial score (nSPS) is 12.2. The third-order valence-electron chi connectivity index (χ3n) is 3.42. The second kappa shape index (κ2) is 4.38. The lowest BCUT2D eigenvalue weighted by Crippen LogP contribution is -2.12. The smallest absolute Gasteiger partial charge is 0.268 e. The zero-order chi connectivity index (χ0) is 15.3. The van der Waals surface area contributed by atoms with E-state index in [0.717, 1.165) is 9.54 Å². The minimum absolute atomic E-state index is 0.222. The molecule has 0 atom stereocenters. The van der Waals surface area contributed by atoms with Crippen molar-refractivity contribution < 1.29 is 8.42 Å². The summed E-state index contributed by atoms with van der Waals surface area (Å²) < 4.78 is 28.3. The minimum atomic E-state index is -3.71. The maximum absolute atomic E-state index is 12.8. The Bertz CT molecular complexity index is 1110. The second-order valence-electron chi connectivity index (χ2n) is 4.89. The summed E-state index contributed by atoms with van der Waals surface area (Å²) in [4.78, 5) is 4.42. The van der Waals surface area contributed by atoms with Crippen LogP contribution in [0.4, 0.5) is 0 Å². The van der Waals surface area contributed by atoms with Crippen LogP contribution in [0.5, 0.6) is 0 Å². The van der Waals surface area contributed by atoms with Crippen LogP contribution in [0.3, 0.4) is 0 Å². The second-order valence-corrected chi connectivity index (χ2v) is 6.71. The molecule has 1 aromatic carbocycles. The Morgan fingerprint density at radius 1 is 1.23 bits per heavy atom. The van der Waals surface area contributed by atoms with Gasteiger partial charge in [-0.15, -0.1) is 10.2 Å². The molecule has 0 unspecified atom stereocenters. The lowest BCUT2D eigenvalue weighted by atomic mass is 10.2. The number of fused-ring (bicyclic) bond motifs is 3. The molecule has 0 N–H and O–H groups in total. The molecule has 0 aliphatic rings. The Balaban J connectivity index is 2.01. The molecule has 0 bridgehead atoms. The highest BCUT2D eigenvalue weighted by atomic mass is 32.2. The third kappa shape index (κ3) is 1.74. The third-order valence-corrected chi connectivity index (χ3v) is 5.08. The number of aromatic nitrogens is 5. The number of rotatable bonds is 2. The van der Waals surface area contributed by atoms with E-state index in [9.17, 15) is 8.42 Å². The molecule has 0 aliphatic heterocycles. The van der Waals surface area contributed by atoms with Crippen LogP contribution in [0.2, 0.25) is 0 Å². The lowest BCUT2D eigenvalue weighted by Gasteiger charge is -2.07. The van der Waals surface area contributed by atoms with Crippen molar-refractivity contribution in [1.29, 1.82) is 0 Å². The van der Waals surface area contributed by atoms with E-state index in [-0.39, 0.29) is 4.90 Å². The van der Waals surface area contributed by atoms with Crippen LogP contribution in [0.1, 0.15) is 5.56 Å². The Labute approximate surface area is 125 Å². The molecule has 0 fully saturated rings. The molecular formula is C14H10N5O2S. The highest BCUT2D eigenvalue weighted by Gasteiger charge is 2.20. The lowest BCUT2D eigenvalue weighted by molar-refractivity contribution is 0.588. The van der Waals surface area contributed by atoms with Gasteiger partial charge in [-0.3, -0.25) is 4.40 Å². The van der Waals surface area contributed by atoms with Crippen LogP contribution in [-0.2, 0) is 10.0 Å². The van der Waals surface area contributed by atoms with Gasteiger partial charge >= 0.3 is 0 Å². The van der Waals surface area contributed by atoms with Crippen molar-refractivity contribution in [1.82, 2.24) is 23.6 Å². The summed E-state index contributed by atoms with van der Waals surface area (Å²) in [6.07, 6.45) is 5.62. The van der Waals surface area contributed by atoms with E-state index in [1.807, 2.05) is 13.0 Å². The summed E-state index contributed by atoms with van der Waals surface area (Å²) in [6, 6.07) is 8.42. The largest absolute Gasteiger partial charge is 0.269 e. The van der Waals surface area contributed by atoms with Gasteiger partial charge in [0.15, 0.2) is 11.3 Å². The fraction of sp³-hybridized carbons (Fsp3) is 0.0714. The van der Waals surface area contributed by atoms with Gasteiger partial charge in [-0.05, 0) is 30.7 Å². The SMILES string of the molecule is Cc1cccc(S(=O)(=O)n2ccc3c2ncc2nn[c]n23)c1. The van der Waals surface area contributed by atoms with E-state index in [1.165, 1.54) is 12.4 Å². The zero-order valence-corrected chi connectivity index (χ0v) is 12.3. The van der Waals surface area contributed by atoms with Crippen LogP contribution >= 0.6 is 0 Å². The van der Waals surface area contributed by atoms with Crippen LogP contribution in [0.15, 0.2) is 47.6 Å². The van der Waals surface area contributed by atoms with E-state index in [4.69, 9.17) is 0 Å². The molecule has 4 aromatic rings. The number of hydrogen-bond acceptors (Lipinski definition) is 5. The minimum Gasteiger partial charge on any atom is -0.268 e. The van der Waals surface area contributed by atoms with Crippen molar-refractivity contribution in [3.8, 4) is 0 Å². The molecule has 3 heterocycles. The van der Waals surface area contributed by atoms with E-state index in [2.05, 4.69) is 21.5 Å². The first kappa shape index (κ1) is 13.0. The molecule has 0 amide bonds. The molecule has 8 heteroatoms. The predicted molar refractivity (Wildman–Crippen MR) is 78.9 cm³/mol. The quantitative estimate of drug-likeness (QED) is 0.559. The van der Waals surface area contributed by atoms with Crippen LogP contribution in [0, 0.1) is 13.3 Å². The van der Waals surface area contributed by atoms with Gasteiger partial charge in [-0.25, -0.2) is 17.4 Å². The molecule has 1 radical (unpaired) electrons. The Kier molecular flexibility index (Phi) is 2.58. The summed E-state index contributed by atoms with van der Waals surface area (Å²) in [5.74, 6) is 0. The van der Waals surface area contributed by atoms with Gasteiger partial charge < -0.3 is 0 Å². The fourth-order valence-electron chi connectivity index (χ4n) is 2.37. The fourth-order valence-corrected chi connectivity index (χ4v) is 3.77. The first-order chi connectivity index (χ1) is 10.6. The number of aryl methyl sites for hydroxylation is 1. The topological polar surface area (TPSA) is 82.1 Å². The number of nitrogens with zero attached hydrogens (tertiary/aromatic N) is 5. The molecule has 3 aromatic heterocycles. The van der Waals surface area contributed by atoms with Gasteiger partial charge in [-0.1, -0.05) is 12.1 Å². The standard InChI is InChI=1S/C14H10N5O2S/c1-10-3-2-4-11(7-10)22(20,21)19-6-5-12-14(19)15-8-13-17-16-9-18(12)13/h2-8H,1H3. The number of benzene rings is 1. The van der Waals surface area contributed by atoms with E-state index in [0.29, 0.717) is 16.8 Å². The monoisotopic (exact) mass is 312 g/mol. The molecule has 0 saturated heterocycles. The van der Waals surface area contributed by atoms with E-state index < -0.39 is 10.0 Å². The Morgan fingerprint density at radius 3 is 2.91 bits per heavy atom. The molecular weight excluding hydrogens is 302 g/mol. The zero-order valence-electron chi connectivity index (χ0n) is 11.5. The van der Waals surface area contributed by atoms with Crippen molar-refractivity contribution in [2.45, 2.75) is 11.8 Å². The van der Waals surface area contributed by atoms with Crippen molar-refractivity contribution >= 4 is 26.8 Å². The molecule has 4 rings (SSSR count). The summed E-state index contributed by atoms with van der Waals surface area (Å²) in [7, 11) is -3.71. The molecule has 109 valence electrons. The van der Waals surface area contributed by atoms with Crippen LogP contribution in [-0.4, -0.2) is 32.0 Å². The summed E-state index contributed by atoms with van der Waals surface area (Å²) >= 11 is 0. The van der Waals surface area contributed by atoms with Crippen molar-refractivity contribution in [2.24, 2.45) is 0 Å². The first-order valence-electron chi connectivity index (χ1n) is 6.48. The molecule has 0 spiro atoms. The van der Waals surface area contributed by atoms with Crippen molar-refractivity contribution in [3.63, 3.8) is 0 Å². The highest BCUT2D eigenvalue weighted by Crippen LogP contribution is 2.21. The Hall–Kier alpha value is -2.74. The molecule has 22 heavy (non-hydrogen) atoms. The summed E-state index contributed by atoms with van der Waals surface area (Å²) in [5.41, 5.74) is 2.28. The highest BCUT2D eigenvalue weighted by molar-refractivity contribution is 7.90. The molecule has 7 nitrogen and oxygen atoms in total. The van der Waals surface area contributed by atoms with Crippen LogP contribution < -0.4 is 0 Å². The average molecular weight is 312 g/mol. The van der Waals surface area contributed by atoms with Gasteiger partial charge in [-0.2, -0.15) is 0 Å². The Morgan fingerprint density at radius 2 is 2.09 bits per heavy atom. The molecule has 0 saturated carbocycles. The summed E-state index contributed by atoms with van der Waals surface area (Å²) in [5, 5.41) is 7.53. The summed E-state index contributed by atoms with van der Waals surface area (Å²) in [6.45, 7) is 1.85. The van der Waals surface area contributed by atoms with Gasteiger partial charge in [0.05, 0.1) is 16.6 Å².